The second kappa shape index (κ2) is 5.17. The predicted molar refractivity (Wildman–Crippen MR) is 67.0 cm³/mol. The highest BCUT2D eigenvalue weighted by atomic mass is 35.5. The first-order valence-electron chi connectivity index (χ1n) is 4.98. The Kier molecular flexibility index (Phi) is 4.35. The van der Waals surface area contributed by atoms with Crippen molar-refractivity contribution < 1.29 is 9.53 Å². The van der Waals surface area contributed by atoms with Crippen LogP contribution in [0.2, 0.25) is 4.34 Å². The minimum Gasteiger partial charge on any atom is -0.468 e. The third-order valence-corrected chi connectivity index (χ3v) is 3.71. The maximum absolute atomic E-state index is 11.5. The number of carbonyl (C=O) groups is 1. The van der Waals surface area contributed by atoms with Crippen LogP contribution in [-0.2, 0) is 9.53 Å². The fourth-order valence-corrected chi connectivity index (χ4v) is 2.55. The van der Waals surface area contributed by atoms with Crippen molar-refractivity contribution in [3.05, 3.63) is 21.3 Å². The molecule has 0 amide bonds. The molecule has 0 saturated heterocycles. The first-order chi connectivity index (χ1) is 7.36. The summed E-state index contributed by atoms with van der Waals surface area (Å²) in [6, 6.07) is 3.87. The number of hydrogen-bond acceptors (Lipinski definition) is 4. The fourth-order valence-electron chi connectivity index (χ4n) is 1.49. The summed E-state index contributed by atoms with van der Waals surface area (Å²) >= 11 is 7.37. The third-order valence-electron chi connectivity index (χ3n) is 2.29. The molecular weight excluding hydrogens is 246 g/mol. The zero-order chi connectivity index (χ0) is 12.3. The molecule has 0 spiro atoms. The highest BCUT2D eigenvalue weighted by Gasteiger charge is 2.30. The Balaban J connectivity index is 2.70. The molecule has 90 valence electrons. The maximum Gasteiger partial charge on any atom is 0.325 e. The van der Waals surface area contributed by atoms with Crippen LogP contribution in [0.25, 0.3) is 0 Å². The second-order valence-electron chi connectivity index (χ2n) is 4.12. The highest BCUT2D eigenvalue weighted by Crippen LogP contribution is 2.28. The van der Waals surface area contributed by atoms with Gasteiger partial charge in [0.2, 0.25) is 0 Å². The maximum atomic E-state index is 11.5. The summed E-state index contributed by atoms with van der Waals surface area (Å²) in [6.45, 7) is 5.59. The summed E-state index contributed by atoms with van der Waals surface area (Å²) in [5.74, 6) is -0.276. The zero-order valence-corrected chi connectivity index (χ0v) is 11.4. The largest absolute Gasteiger partial charge is 0.468 e. The molecule has 3 nitrogen and oxygen atoms in total. The number of ether oxygens (including phenoxy) is 1. The molecule has 0 fully saturated rings. The number of nitrogens with one attached hydrogen (secondary N) is 1. The van der Waals surface area contributed by atoms with E-state index in [1.165, 1.54) is 18.4 Å². The first kappa shape index (κ1) is 13.5. The summed E-state index contributed by atoms with van der Waals surface area (Å²) in [4.78, 5) is 12.6. The SMILES string of the molecule is COC(=O)C(C)(C)NC(C)c1ccc(Cl)s1. The Morgan fingerprint density at radius 3 is 2.62 bits per heavy atom. The molecule has 0 aromatic carbocycles. The Hall–Kier alpha value is -0.580. The van der Waals surface area contributed by atoms with Gasteiger partial charge >= 0.3 is 5.97 Å². The number of hydrogen-bond donors (Lipinski definition) is 1. The number of carbonyl (C=O) groups excluding carboxylic acids is 1. The Morgan fingerprint density at radius 1 is 1.56 bits per heavy atom. The van der Waals surface area contributed by atoms with Crippen molar-refractivity contribution in [1.82, 2.24) is 5.32 Å². The van der Waals surface area contributed by atoms with Gasteiger partial charge in [-0.1, -0.05) is 11.6 Å². The Bertz CT molecular complexity index is 376. The van der Waals surface area contributed by atoms with E-state index in [0.717, 1.165) is 9.21 Å². The highest BCUT2D eigenvalue weighted by molar-refractivity contribution is 7.16. The van der Waals surface area contributed by atoms with E-state index in [0.29, 0.717) is 0 Å². The van der Waals surface area contributed by atoms with Crippen molar-refractivity contribution in [3.63, 3.8) is 0 Å². The molecule has 1 atom stereocenters. The molecular formula is C11H16ClNO2S. The minimum atomic E-state index is -0.704. The lowest BCUT2D eigenvalue weighted by molar-refractivity contribution is -0.147. The van der Waals surface area contributed by atoms with E-state index in [4.69, 9.17) is 16.3 Å². The van der Waals surface area contributed by atoms with E-state index in [-0.39, 0.29) is 12.0 Å². The zero-order valence-electron chi connectivity index (χ0n) is 9.83. The third kappa shape index (κ3) is 3.20. The molecule has 5 heteroatoms. The number of halogens is 1. The van der Waals surface area contributed by atoms with Gasteiger partial charge in [-0.2, -0.15) is 0 Å². The van der Waals surface area contributed by atoms with Crippen LogP contribution in [0.5, 0.6) is 0 Å². The number of esters is 1. The van der Waals surface area contributed by atoms with Gasteiger partial charge in [0, 0.05) is 10.9 Å². The average molecular weight is 262 g/mol. The van der Waals surface area contributed by atoms with Gasteiger partial charge in [-0.15, -0.1) is 11.3 Å². The molecule has 0 saturated carbocycles. The van der Waals surface area contributed by atoms with Crippen LogP contribution in [0.4, 0.5) is 0 Å². The Labute approximate surface area is 105 Å². The molecule has 16 heavy (non-hydrogen) atoms. The average Bonchev–Trinajstić information content (AvgIpc) is 2.63. The summed E-state index contributed by atoms with van der Waals surface area (Å²) in [7, 11) is 1.39. The van der Waals surface area contributed by atoms with Gasteiger partial charge in [-0.25, -0.2) is 0 Å². The molecule has 1 aromatic rings. The first-order valence-corrected chi connectivity index (χ1v) is 6.17. The lowest BCUT2D eigenvalue weighted by Crippen LogP contribution is -2.48. The topological polar surface area (TPSA) is 38.3 Å². The van der Waals surface area contributed by atoms with Gasteiger partial charge in [0.25, 0.3) is 0 Å². The minimum absolute atomic E-state index is 0.0617. The van der Waals surface area contributed by atoms with Gasteiger partial charge in [-0.3, -0.25) is 10.1 Å². The number of methoxy groups -OCH3 is 1. The molecule has 1 heterocycles. The van der Waals surface area contributed by atoms with Crippen molar-refractivity contribution in [1.29, 1.82) is 0 Å². The quantitative estimate of drug-likeness (QED) is 0.847. The van der Waals surface area contributed by atoms with Crippen molar-refractivity contribution >= 4 is 28.9 Å². The van der Waals surface area contributed by atoms with Gasteiger partial charge in [0.1, 0.15) is 5.54 Å². The predicted octanol–water partition coefficient (Wildman–Crippen LogP) is 3.00. The second-order valence-corrected chi connectivity index (χ2v) is 5.87. The lowest BCUT2D eigenvalue weighted by atomic mass is 10.0. The van der Waals surface area contributed by atoms with Crippen LogP contribution in [0.1, 0.15) is 31.7 Å². The fraction of sp³-hybridized carbons (Fsp3) is 0.545. The van der Waals surface area contributed by atoms with Gasteiger partial charge in [0.15, 0.2) is 0 Å². The van der Waals surface area contributed by atoms with Crippen molar-refractivity contribution in [2.24, 2.45) is 0 Å². The number of thiophene rings is 1. The molecule has 1 unspecified atom stereocenters. The lowest BCUT2D eigenvalue weighted by Gasteiger charge is -2.26. The van der Waals surface area contributed by atoms with Crippen LogP contribution < -0.4 is 5.32 Å². The molecule has 0 aliphatic carbocycles. The smallest absolute Gasteiger partial charge is 0.325 e. The molecule has 0 bridgehead atoms. The van der Waals surface area contributed by atoms with Crippen molar-refractivity contribution in [2.75, 3.05) is 7.11 Å². The summed E-state index contributed by atoms with van der Waals surface area (Å²) in [5, 5.41) is 3.21. The van der Waals surface area contributed by atoms with Gasteiger partial charge in [-0.05, 0) is 32.9 Å². The van der Waals surface area contributed by atoms with Crippen LogP contribution in [0.3, 0.4) is 0 Å². The molecule has 1 rings (SSSR count). The van der Waals surface area contributed by atoms with E-state index < -0.39 is 5.54 Å². The van der Waals surface area contributed by atoms with Crippen molar-refractivity contribution in [2.45, 2.75) is 32.4 Å². The Morgan fingerprint density at radius 2 is 2.19 bits per heavy atom. The molecule has 0 aliphatic rings. The van der Waals surface area contributed by atoms with E-state index in [2.05, 4.69) is 5.32 Å². The molecule has 1 N–H and O–H groups in total. The van der Waals surface area contributed by atoms with Gasteiger partial charge < -0.3 is 4.74 Å². The van der Waals surface area contributed by atoms with E-state index in [9.17, 15) is 4.79 Å². The summed E-state index contributed by atoms with van der Waals surface area (Å²) in [6.07, 6.45) is 0. The summed E-state index contributed by atoms with van der Waals surface area (Å²) < 4.78 is 5.48. The van der Waals surface area contributed by atoms with E-state index in [1.54, 1.807) is 13.8 Å². The van der Waals surface area contributed by atoms with E-state index in [1.807, 2.05) is 19.1 Å². The molecule has 0 radical (unpaired) electrons. The molecule has 1 aromatic heterocycles. The normalized spacial score (nSPS) is 13.6. The van der Waals surface area contributed by atoms with Crippen LogP contribution in [0, 0.1) is 0 Å². The van der Waals surface area contributed by atoms with Crippen molar-refractivity contribution in [3.8, 4) is 0 Å². The van der Waals surface area contributed by atoms with E-state index >= 15 is 0 Å². The summed E-state index contributed by atoms with van der Waals surface area (Å²) in [5.41, 5.74) is -0.704. The van der Waals surface area contributed by atoms with Crippen LogP contribution in [-0.4, -0.2) is 18.6 Å². The van der Waals surface area contributed by atoms with Crippen LogP contribution >= 0.6 is 22.9 Å². The monoisotopic (exact) mass is 261 g/mol. The molecule has 0 aliphatic heterocycles. The number of rotatable bonds is 4. The standard InChI is InChI=1S/C11H16ClNO2S/c1-7(8-5-6-9(12)16-8)13-11(2,3)10(14)15-4/h5-7,13H,1-4H3. The van der Waals surface area contributed by atoms with Crippen LogP contribution in [0.15, 0.2) is 12.1 Å². The van der Waals surface area contributed by atoms with Gasteiger partial charge in [0.05, 0.1) is 11.4 Å².